The topological polar surface area (TPSA) is 72.9 Å². The Bertz CT molecular complexity index is 596. The molecule has 0 spiro atoms. The van der Waals surface area contributed by atoms with Crippen LogP contribution in [0.3, 0.4) is 0 Å². The lowest BCUT2D eigenvalue weighted by Gasteiger charge is -2.33. The molecule has 1 aromatic rings. The van der Waals surface area contributed by atoms with Gasteiger partial charge in [0.15, 0.2) is 12.4 Å². The Labute approximate surface area is 122 Å². The minimum absolute atomic E-state index is 0.125. The summed E-state index contributed by atoms with van der Waals surface area (Å²) in [6.45, 7) is 4.82. The number of amides is 1. The molecule has 1 unspecified atom stereocenters. The number of hydrogen-bond acceptors (Lipinski definition) is 5. The quantitative estimate of drug-likeness (QED) is 0.622. The van der Waals surface area contributed by atoms with E-state index >= 15 is 0 Å². The highest BCUT2D eigenvalue weighted by Gasteiger charge is 2.34. The summed E-state index contributed by atoms with van der Waals surface area (Å²) in [6.07, 6.45) is 0. The molecule has 0 aromatic heterocycles. The predicted molar refractivity (Wildman–Crippen MR) is 75.5 cm³/mol. The molecule has 2 rings (SSSR count). The van der Waals surface area contributed by atoms with E-state index in [-0.39, 0.29) is 24.9 Å². The average molecular weight is 291 g/mol. The van der Waals surface area contributed by atoms with Crippen LogP contribution < -0.4 is 9.64 Å². The lowest BCUT2D eigenvalue weighted by molar-refractivity contribution is -0.145. The molecule has 0 N–H and O–H groups in total. The number of rotatable bonds is 4. The van der Waals surface area contributed by atoms with Crippen molar-refractivity contribution in [3.63, 3.8) is 0 Å². The van der Waals surface area contributed by atoms with Crippen molar-refractivity contribution in [2.45, 2.75) is 26.8 Å². The van der Waals surface area contributed by atoms with E-state index in [1.165, 1.54) is 11.8 Å². The predicted octanol–water partition coefficient (Wildman–Crippen LogP) is 1.57. The van der Waals surface area contributed by atoms with Crippen LogP contribution in [0, 0.1) is 0 Å². The smallest absolute Gasteiger partial charge is 0.328 e. The standard InChI is InChI=1S/C15H17NO5/c1-4-20-15(19)9(2)16-12-7-11(10(3)17)5-6-13(12)21-8-14(16)18/h5-7,9H,4,8H2,1-3H3. The Morgan fingerprint density at radius 1 is 1.43 bits per heavy atom. The van der Waals surface area contributed by atoms with Crippen LogP contribution in [-0.2, 0) is 14.3 Å². The van der Waals surface area contributed by atoms with Crippen molar-refractivity contribution in [2.75, 3.05) is 18.1 Å². The second-order valence-corrected chi connectivity index (χ2v) is 4.72. The van der Waals surface area contributed by atoms with Crippen LogP contribution in [0.15, 0.2) is 18.2 Å². The first kappa shape index (κ1) is 15.0. The van der Waals surface area contributed by atoms with Crippen molar-refractivity contribution in [3.05, 3.63) is 23.8 Å². The third-order valence-electron chi connectivity index (χ3n) is 3.26. The number of esters is 1. The van der Waals surface area contributed by atoms with Gasteiger partial charge in [0.1, 0.15) is 11.8 Å². The number of benzene rings is 1. The van der Waals surface area contributed by atoms with E-state index in [1.54, 1.807) is 32.0 Å². The highest BCUT2D eigenvalue weighted by atomic mass is 16.5. The van der Waals surface area contributed by atoms with Gasteiger partial charge in [-0.3, -0.25) is 14.5 Å². The second-order valence-electron chi connectivity index (χ2n) is 4.72. The van der Waals surface area contributed by atoms with Gasteiger partial charge in [0, 0.05) is 5.56 Å². The fourth-order valence-electron chi connectivity index (χ4n) is 2.18. The number of hydrogen-bond donors (Lipinski definition) is 0. The molecule has 6 nitrogen and oxygen atoms in total. The normalized spacial score (nSPS) is 15.0. The molecule has 21 heavy (non-hydrogen) atoms. The van der Waals surface area contributed by atoms with Gasteiger partial charge in [-0.1, -0.05) is 0 Å². The van der Waals surface area contributed by atoms with Crippen LogP contribution >= 0.6 is 0 Å². The van der Waals surface area contributed by atoms with E-state index in [4.69, 9.17) is 9.47 Å². The van der Waals surface area contributed by atoms with Gasteiger partial charge in [0.25, 0.3) is 5.91 Å². The summed E-state index contributed by atoms with van der Waals surface area (Å²) in [4.78, 5) is 36.8. The summed E-state index contributed by atoms with van der Waals surface area (Å²) in [7, 11) is 0. The molecule has 0 bridgehead atoms. The van der Waals surface area contributed by atoms with E-state index in [2.05, 4.69) is 0 Å². The SMILES string of the molecule is CCOC(=O)C(C)N1C(=O)COc2ccc(C(C)=O)cc21. The van der Waals surface area contributed by atoms with Crippen LogP contribution in [0.25, 0.3) is 0 Å². The van der Waals surface area contributed by atoms with E-state index in [0.29, 0.717) is 17.0 Å². The van der Waals surface area contributed by atoms with Crippen molar-refractivity contribution < 1.29 is 23.9 Å². The largest absolute Gasteiger partial charge is 0.482 e. The van der Waals surface area contributed by atoms with Crippen LogP contribution in [0.2, 0.25) is 0 Å². The maximum atomic E-state index is 12.1. The van der Waals surface area contributed by atoms with Gasteiger partial charge in [-0.05, 0) is 39.0 Å². The Morgan fingerprint density at radius 2 is 2.14 bits per heavy atom. The highest BCUT2D eigenvalue weighted by Crippen LogP contribution is 2.34. The van der Waals surface area contributed by atoms with E-state index in [0.717, 1.165) is 0 Å². The first-order valence-electron chi connectivity index (χ1n) is 6.72. The minimum atomic E-state index is -0.776. The molecular weight excluding hydrogens is 274 g/mol. The molecule has 0 saturated heterocycles. The first-order chi connectivity index (χ1) is 9.95. The lowest BCUT2D eigenvalue weighted by Crippen LogP contribution is -2.48. The summed E-state index contributed by atoms with van der Waals surface area (Å²) in [5.74, 6) is -0.494. The van der Waals surface area contributed by atoms with Gasteiger partial charge in [-0.2, -0.15) is 0 Å². The number of fused-ring (bicyclic) bond motifs is 1. The number of nitrogens with zero attached hydrogens (tertiary/aromatic N) is 1. The molecule has 0 aliphatic carbocycles. The van der Waals surface area contributed by atoms with Crippen molar-refractivity contribution in [1.29, 1.82) is 0 Å². The summed E-state index contributed by atoms with van der Waals surface area (Å²) in [6, 6.07) is 4.04. The molecule has 6 heteroatoms. The van der Waals surface area contributed by atoms with Gasteiger partial charge in [-0.25, -0.2) is 4.79 Å². The number of anilines is 1. The number of ketones is 1. The molecule has 1 amide bonds. The fourth-order valence-corrected chi connectivity index (χ4v) is 2.18. The summed E-state index contributed by atoms with van der Waals surface area (Å²) >= 11 is 0. The number of carbonyl (C=O) groups is 3. The Hall–Kier alpha value is -2.37. The van der Waals surface area contributed by atoms with Crippen LogP contribution in [0.5, 0.6) is 5.75 Å². The van der Waals surface area contributed by atoms with Gasteiger partial charge in [0.05, 0.1) is 12.3 Å². The van der Waals surface area contributed by atoms with Crippen LogP contribution in [-0.4, -0.2) is 36.9 Å². The Balaban J connectivity index is 2.43. The van der Waals surface area contributed by atoms with Gasteiger partial charge < -0.3 is 9.47 Å². The van der Waals surface area contributed by atoms with Gasteiger partial charge >= 0.3 is 5.97 Å². The second kappa shape index (κ2) is 5.95. The van der Waals surface area contributed by atoms with Crippen LogP contribution in [0.1, 0.15) is 31.1 Å². The molecular formula is C15H17NO5. The molecule has 1 aliphatic rings. The number of ether oxygens (including phenoxy) is 2. The van der Waals surface area contributed by atoms with Crippen molar-refractivity contribution in [2.24, 2.45) is 0 Å². The zero-order valence-electron chi connectivity index (χ0n) is 12.2. The van der Waals surface area contributed by atoms with Crippen molar-refractivity contribution in [3.8, 4) is 5.75 Å². The highest BCUT2D eigenvalue weighted by molar-refractivity contribution is 6.04. The molecule has 1 aromatic carbocycles. The summed E-state index contributed by atoms with van der Waals surface area (Å²) < 4.78 is 10.3. The third kappa shape index (κ3) is 2.89. The van der Waals surface area contributed by atoms with Crippen molar-refractivity contribution in [1.82, 2.24) is 0 Å². The van der Waals surface area contributed by atoms with Crippen LogP contribution in [0.4, 0.5) is 5.69 Å². The van der Waals surface area contributed by atoms with Crippen molar-refractivity contribution >= 4 is 23.3 Å². The Morgan fingerprint density at radius 3 is 2.76 bits per heavy atom. The lowest BCUT2D eigenvalue weighted by atomic mass is 10.1. The first-order valence-corrected chi connectivity index (χ1v) is 6.72. The zero-order valence-corrected chi connectivity index (χ0v) is 12.2. The number of carbonyl (C=O) groups excluding carboxylic acids is 3. The van der Waals surface area contributed by atoms with Gasteiger partial charge in [0.2, 0.25) is 0 Å². The summed E-state index contributed by atoms with van der Waals surface area (Å²) in [5, 5.41) is 0. The molecule has 1 heterocycles. The summed E-state index contributed by atoms with van der Waals surface area (Å²) in [5.41, 5.74) is 0.868. The maximum absolute atomic E-state index is 12.1. The molecule has 1 aliphatic heterocycles. The molecule has 112 valence electrons. The zero-order chi connectivity index (χ0) is 15.6. The molecule has 0 fully saturated rings. The molecule has 1 atom stereocenters. The average Bonchev–Trinajstić information content (AvgIpc) is 2.46. The van der Waals surface area contributed by atoms with E-state index in [1.807, 2.05) is 0 Å². The minimum Gasteiger partial charge on any atom is -0.482 e. The van der Waals surface area contributed by atoms with Gasteiger partial charge in [-0.15, -0.1) is 0 Å². The number of Topliss-reactive ketones (excluding diaryl/α,β-unsaturated/α-hetero) is 1. The van der Waals surface area contributed by atoms with E-state index < -0.39 is 12.0 Å². The maximum Gasteiger partial charge on any atom is 0.328 e. The molecule has 0 radical (unpaired) electrons. The Kier molecular flexibility index (Phi) is 4.26. The fraction of sp³-hybridized carbons (Fsp3) is 0.400. The molecule has 0 saturated carbocycles. The third-order valence-corrected chi connectivity index (χ3v) is 3.26. The monoisotopic (exact) mass is 291 g/mol. The van der Waals surface area contributed by atoms with E-state index in [9.17, 15) is 14.4 Å².